The van der Waals surface area contributed by atoms with E-state index in [1.165, 1.54) is 0 Å². The van der Waals surface area contributed by atoms with Gasteiger partial charge in [-0.1, -0.05) is 18.2 Å². The Morgan fingerprint density at radius 3 is 2.09 bits per heavy atom. The Kier molecular flexibility index (Phi) is 6.08. The lowest BCUT2D eigenvalue weighted by molar-refractivity contribution is -0.122. The summed E-state index contributed by atoms with van der Waals surface area (Å²) in [5.41, 5.74) is 3.12. The van der Waals surface area contributed by atoms with Crippen molar-refractivity contribution < 1.29 is 28.5 Å². The van der Waals surface area contributed by atoms with Crippen molar-refractivity contribution >= 4 is 11.7 Å². The van der Waals surface area contributed by atoms with Gasteiger partial charge in [-0.3, -0.25) is 9.59 Å². The molecule has 2 aromatic rings. The minimum atomic E-state index is -0.316. The predicted molar refractivity (Wildman–Crippen MR) is 119 cm³/mol. The summed E-state index contributed by atoms with van der Waals surface area (Å²) >= 11 is 0. The fourth-order valence-electron chi connectivity index (χ4n) is 4.75. The van der Waals surface area contributed by atoms with Gasteiger partial charge in [-0.05, 0) is 36.1 Å². The third kappa shape index (κ3) is 3.79. The van der Waals surface area contributed by atoms with E-state index in [0.29, 0.717) is 47.1 Å². The third-order valence-corrected chi connectivity index (χ3v) is 6.21. The van der Waals surface area contributed by atoms with Gasteiger partial charge in [0.15, 0.2) is 17.3 Å². The van der Waals surface area contributed by atoms with Gasteiger partial charge >= 0.3 is 0 Å². The number of Topliss-reactive ketones (excluding diaryl/α,β-unsaturated/α-hetero) is 1. The molecule has 2 unspecified atom stereocenters. The topological polar surface area (TPSA) is 83.1 Å². The summed E-state index contributed by atoms with van der Waals surface area (Å²) in [6.45, 7) is 0. The lowest BCUT2D eigenvalue weighted by Gasteiger charge is -2.35. The van der Waals surface area contributed by atoms with E-state index in [2.05, 4.69) is 5.32 Å². The molecule has 1 N–H and O–H groups in total. The third-order valence-electron chi connectivity index (χ3n) is 6.21. The molecule has 1 aliphatic heterocycles. The fraction of sp³-hybridized carbons (Fsp3) is 0.360. The number of ketones is 1. The second-order valence-corrected chi connectivity index (χ2v) is 7.93. The van der Waals surface area contributed by atoms with Crippen LogP contribution >= 0.6 is 0 Å². The maximum absolute atomic E-state index is 13.4. The van der Waals surface area contributed by atoms with Crippen LogP contribution in [-0.4, -0.2) is 40.1 Å². The Labute approximate surface area is 187 Å². The molecule has 0 radical (unpaired) electrons. The maximum Gasteiger partial charge on any atom is 0.225 e. The first-order valence-corrected chi connectivity index (χ1v) is 10.5. The van der Waals surface area contributed by atoms with Crippen molar-refractivity contribution in [3.05, 3.63) is 58.8 Å². The molecule has 7 nitrogen and oxygen atoms in total. The molecule has 1 amide bonds. The number of nitrogens with one attached hydrogen (secondary N) is 1. The average molecular weight is 437 g/mol. The number of hydrogen-bond acceptors (Lipinski definition) is 6. The van der Waals surface area contributed by atoms with Crippen LogP contribution in [0.25, 0.3) is 0 Å². The zero-order chi connectivity index (χ0) is 22.8. The van der Waals surface area contributed by atoms with Crippen molar-refractivity contribution in [3.63, 3.8) is 0 Å². The Hall–Kier alpha value is -3.48. The zero-order valence-electron chi connectivity index (χ0n) is 18.7. The van der Waals surface area contributed by atoms with Crippen LogP contribution in [0.15, 0.2) is 47.7 Å². The molecule has 0 saturated heterocycles. The molecule has 4 rings (SSSR count). The molecule has 2 aromatic carbocycles. The zero-order valence-corrected chi connectivity index (χ0v) is 18.7. The van der Waals surface area contributed by atoms with Gasteiger partial charge in [0.25, 0.3) is 0 Å². The minimum Gasteiger partial charge on any atom is -0.496 e. The molecular weight excluding hydrogens is 410 g/mol. The highest BCUT2D eigenvalue weighted by Gasteiger charge is 2.39. The smallest absolute Gasteiger partial charge is 0.225 e. The van der Waals surface area contributed by atoms with Gasteiger partial charge in [-0.15, -0.1) is 0 Å². The minimum absolute atomic E-state index is 0.0286. The van der Waals surface area contributed by atoms with Crippen LogP contribution in [0.2, 0.25) is 0 Å². The molecule has 1 aliphatic carbocycles. The van der Waals surface area contributed by atoms with Gasteiger partial charge in [-0.25, -0.2) is 0 Å². The molecule has 32 heavy (non-hydrogen) atoms. The molecule has 1 heterocycles. The largest absolute Gasteiger partial charge is 0.496 e. The normalized spacial score (nSPS) is 20.4. The number of ether oxygens (including phenoxy) is 4. The van der Waals surface area contributed by atoms with Gasteiger partial charge in [0.05, 0.1) is 28.4 Å². The highest BCUT2D eigenvalue weighted by molar-refractivity contribution is 6.02. The van der Waals surface area contributed by atoms with Crippen LogP contribution in [0.5, 0.6) is 23.0 Å². The Balaban J connectivity index is 1.74. The molecular formula is C25H27NO6. The van der Waals surface area contributed by atoms with Crippen molar-refractivity contribution in [2.45, 2.75) is 31.1 Å². The maximum atomic E-state index is 13.4. The lowest BCUT2D eigenvalue weighted by Crippen LogP contribution is -2.38. The fourth-order valence-corrected chi connectivity index (χ4v) is 4.75. The van der Waals surface area contributed by atoms with Crippen molar-refractivity contribution in [1.29, 1.82) is 0 Å². The number of rotatable bonds is 6. The van der Waals surface area contributed by atoms with E-state index in [9.17, 15) is 9.59 Å². The van der Waals surface area contributed by atoms with Gasteiger partial charge in [0.1, 0.15) is 5.75 Å². The summed E-state index contributed by atoms with van der Waals surface area (Å²) in [6.07, 6.45) is 1.09. The van der Waals surface area contributed by atoms with Crippen LogP contribution in [0.1, 0.15) is 42.2 Å². The van der Waals surface area contributed by atoms with Crippen LogP contribution in [0.4, 0.5) is 0 Å². The molecule has 7 heteroatoms. The summed E-state index contributed by atoms with van der Waals surface area (Å²) in [6, 6.07) is 11.3. The summed E-state index contributed by atoms with van der Waals surface area (Å²) in [5, 5.41) is 2.96. The summed E-state index contributed by atoms with van der Waals surface area (Å²) in [4.78, 5) is 26.0. The predicted octanol–water partition coefficient (Wildman–Crippen LogP) is 3.73. The van der Waals surface area contributed by atoms with Gasteiger partial charge in [-0.2, -0.15) is 0 Å². The van der Waals surface area contributed by atoms with E-state index in [-0.39, 0.29) is 29.9 Å². The second kappa shape index (κ2) is 8.94. The Morgan fingerprint density at radius 2 is 1.47 bits per heavy atom. The monoisotopic (exact) mass is 437 g/mol. The summed E-state index contributed by atoms with van der Waals surface area (Å²) in [7, 11) is 6.27. The van der Waals surface area contributed by atoms with Crippen molar-refractivity contribution in [2.75, 3.05) is 28.4 Å². The van der Waals surface area contributed by atoms with E-state index < -0.39 is 0 Å². The van der Waals surface area contributed by atoms with Gasteiger partial charge in [0, 0.05) is 35.6 Å². The van der Waals surface area contributed by atoms with Crippen LogP contribution < -0.4 is 24.3 Å². The Morgan fingerprint density at radius 1 is 0.812 bits per heavy atom. The van der Waals surface area contributed by atoms with Gasteiger partial charge < -0.3 is 24.3 Å². The number of carbonyl (C=O) groups excluding carboxylic acids is 2. The van der Waals surface area contributed by atoms with E-state index >= 15 is 0 Å². The molecule has 0 bridgehead atoms. The van der Waals surface area contributed by atoms with Crippen molar-refractivity contribution in [3.8, 4) is 23.0 Å². The molecule has 0 spiro atoms. The van der Waals surface area contributed by atoms with E-state index in [1.807, 2.05) is 36.4 Å². The highest BCUT2D eigenvalue weighted by Crippen LogP contribution is 2.47. The molecule has 0 fully saturated rings. The highest BCUT2D eigenvalue weighted by atomic mass is 16.5. The van der Waals surface area contributed by atoms with E-state index in [4.69, 9.17) is 18.9 Å². The SMILES string of the molecule is COc1ccccc1C1CC(=O)NC2=C1C(=O)CC(c1cc(OC)c(OC)c(OC)c1)C2. The van der Waals surface area contributed by atoms with Crippen LogP contribution in [-0.2, 0) is 9.59 Å². The molecule has 168 valence electrons. The van der Waals surface area contributed by atoms with Crippen LogP contribution in [0.3, 0.4) is 0 Å². The van der Waals surface area contributed by atoms with Crippen LogP contribution in [0, 0.1) is 0 Å². The number of methoxy groups -OCH3 is 4. The number of amides is 1. The lowest BCUT2D eigenvalue weighted by atomic mass is 9.73. The second-order valence-electron chi connectivity index (χ2n) is 7.93. The number of para-hydroxylation sites is 1. The molecule has 2 atom stereocenters. The molecule has 0 saturated carbocycles. The van der Waals surface area contributed by atoms with E-state index in [0.717, 1.165) is 11.1 Å². The van der Waals surface area contributed by atoms with Crippen molar-refractivity contribution in [1.82, 2.24) is 5.32 Å². The first kappa shape index (κ1) is 21.7. The number of hydrogen-bond donors (Lipinski definition) is 1. The number of benzene rings is 2. The van der Waals surface area contributed by atoms with E-state index in [1.54, 1.807) is 28.4 Å². The number of allylic oxidation sites excluding steroid dienone is 2. The molecule has 0 aromatic heterocycles. The summed E-state index contributed by atoms with van der Waals surface area (Å²) in [5.74, 6) is 1.75. The quantitative estimate of drug-likeness (QED) is 0.742. The Bertz CT molecular complexity index is 1060. The van der Waals surface area contributed by atoms with Crippen molar-refractivity contribution in [2.24, 2.45) is 0 Å². The average Bonchev–Trinajstić information content (AvgIpc) is 2.81. The first-order chi connectivity index (χ1) is 15.5. The standard InChI is InChI=1S/C25H27NO6/c1-29-20-8-6-5-7-16(20)17-13-23(28)26-18-9-14(10-19(27)24(17)18)15-11-21(30-2)25(32-4)22(12-15)31-3/h5-8,11-12,14,17H,9-10,13H2,1-4H3,(H,26,28). The first-order valence-electron chi connectivity index (χ1n) is 10.5. The summed E-state index contributed by atoms with van der Waals surface area (Å²) < 4.78 is 21.9. The van der Waals surface area contributed by atoms with Gasteiger partial charge in [0.2, 0.25) is 11.7 Å². The molecule has 2 aliphatic rings. The number of carbonyl (C=O) groups is 2.